The van der Waals surface area contributed by atoms with Crippen molar-refractivity contribution in [3.63, 3.8) is 0 Å². The Morgan fingerprint density at radius 3 is 2.71 bits per heavy atom. The molecule has 0 aliphatic rings. The molecule has 0 aliphatic heterocycles. The average Bonchev–Trinajstić information content (AvgIpc) is 2.26. The summed E-state index contributed by atoms with van der Waals surface area (Å²) in [6.07, 6.45) is 7.28. The summed E-state index contributed by atoms with van der Waals surface area (Å²) < 4.78 is 0. The Balaban J connectivity index is 2.46. The molecule has 14 heavy (non-hydrogen) atoms. The quantitative estimate of drug-likeness (QED) is 0.773. The second-order valence-electron chi connectivity index (χ2n) is 2.94. The maximum absolute atomic E-state index is 5.37. The lowest BCUT2D eigenvalue weighted by atomic mass is 10.2. The van der Waals surface area contributed by atoms with Crippen molar-refractivity contribution in [1.29, 1.82) is 0 Å². The van der Waals surface area contributed by atoms with Crippen LogP contribution < -0.4 is 5.73 Å². The second-order valence-corrected chi connectivity index (χ2v) is 2.94. The summed E-state index contributed by atoms with van der Waals surface area (Å²) in [5.74, 6) is 0. The van der Waals surface area contributed by atoms with Crippen molar-refractivity contribution < 1.29 is 0 Å². The number of hydrogen-bond acceptors (Lipinski definition) is 3. The SMILES string of the molecule is NC/C=C/c1ccc2nccnc2c1. The molecule has 3 nitrogen and oxygen atoms in total. The standard InChI is InChI=1S/C11H11N3/c12-5-1-2-9-3-4-10-11(8-9)14-7-6-13-10/h1-4,6-8H,5,12H2/b2-1+. The number of fused-ring (bicyclic) bond motifs is 1. The first-order chi connectivity index (χ1) is 6.90. The van der Waals surface area contributed by atoms with Crippen molar-refractivity contribution >= 4 is 17.1 Å². The van der Waals surface area contributed by atoms with Crippen molar-refractivity contribution in [1.82, 2.24) is 9.97 Å². The monoisotopic (exact) mass is 185 g/mol. The highest BCUT2D eigenvalue weighted by atomic mass is 14.8. The van der Waals surface area contributed by atoms with Gasteiger partial charge in [-0.1, -0.05) is 18.2 Å². The van der Waals surface area contributed by atoms with Crippen LogP contribution in [0.5, 0.6) is 0 Å². The zero-order chi connectivity index (χ0) is 9.80. The van der Waals surface area contributed by atoms with E-state index in [1.165, 1.54) is 0 Å². The summed E-state index contributed by atoms with van der Waals surface area (Å²) in [7, 11) is 0. The largest absolute Gasteiger partial charge is 0.327 e. The van der Waals surface area contributed by atoms with Gasteiger partial charge in [-0.05, 0) is 17.7 Å². The van der Waals surface area contributed by atoms with Crippen LogP contribution in [0.1, 0.15) is 5.56 Å². The van der Waals surface area contributed by atoms with Gasteiger partial charge in [0.2, 0.25) is 0 Å². The van der Waals surface area contributed by atoms with Crippen LogP contribution in [0.4, 0.5) is 0 Å². The third-order valence-corrected chi connectivity index (χ3v) is 1.94. The van der Waals surface area contributed by atoms with E-state index in [0.717, 1.165) is 16.6 Å². The van der Waals surface area contributed by atoms with Gasteiger partial charge in [0.05, 0.1) is 11.0 Å². The van der Waals surface area contributed by atoms with Crippen molar-refractivity contribution in [2.45, 2.75) is 0 Å². The second kappa shape index (κ2) is 3.98. The van der Waals surface area contributed by atoms with Crippen LogP contribution >= 0.6 is 0 Å². The van der Waals surface area contributed by atoms with Gasteiger partial charge in [0.25, 0.3) is 0 Å². The molecule has 1 aromatic carbocycles. The minimum atomic E-state index is 0.554. The van der Waals surface area contributed by atoms with E-state index >= 15 is 0 Å². The van der Waals surface area contributed by atoms with Gasteiger partial charge in [0.1, 0.15) is 0 Å². The topological polar surface area (TPSA) is 51.8 Å². The van der Waals surface area contributed by atoms with Crippen LogP contribution in [0.25, 0.3) is 17.1 Å². The zero-order valence-electron chi connectivity index (χ0n) is 7.72. The highest BCUT2D eigenvalue weighted by molar-refractivity contribution is 5.76. The molecule has 1 heterocycles. The molecule has 2 aromatic rings. The van der Waals surface area contributed by atoms with E-state index in [2.05, 4.69) is 9.97 Å². The summed E-state index contributed by atoms with van der Waals surface area (Å²) in [5.41, 5.74) is 8.30. The van der Waals surface area contributed by atoms with Crippen molar-refractivity contribution in [2.24, 2.45) is 5.73 Å². The molecule has 3 heteroatoms. The molecular formula is C11H11N3. The number of nitrogens with zero attached hydrogens (tertiary/aromatic N) is 2. The van der Waals surface area contributed by atoms with Gasteiger partial charge in [0.15, 0.2) is 0 Å². The predicted octanol–water partition coefficient (Wildman–Crippen LogP) is 1.60. The van der Waals surface area contributed by atoms with E-state index in [-0.39, 0.29) is 0 Å². The summed E-state index contributed by atoms with van der Waals surface area (Å²) in [6.45, 7) is 0.554. The first-order valence-corrected chi connectivity index (χ1v) is 4.47. The fraction of sp³-hybridized carbons (Fsp3) is 0.0909. The molecule has 1 aromatic heterocycles. The first kappa shape index (κ1) is 8.84. The van der Waals surface area contributed by atoms with E-state index in [4.69, 9.17) is 5.73 Å². The average molecular weight is 185 g/mol. The van der Waals surface area contributed by atoms with E-state index in [9.17, 15) is 0 Å². The number of nitrogens with two attached hydrogens (primary N) is 1. The molecule has 2 N–H and O–H groups in total. The Kier molecular flexibility index (Phi) is 2.51. The van der Waals surface area contributed by atoms with E-state index < -0.39 is 0 Å². The third-order valence-electron chi connectivity index (χ3n) is 1.94. The Bertz CT molecular complexity index is 463. The van der Waals surface area contributed by atoms with Gasteiger partial charge in [-0.2, -0.15) is 0 Å². The maximum atomic E-state index is 5.37. The Labute approximate surface area is 82.3 Å². The number of rotatable bonds is 2. The molecule has 0 aliphatic carbocycles. The van der Waals surface area contributed by atoms with E-state index in [0.29, 0.717) is 6.54 Å². The minimum Gasteiger partial charge on any atom is -0.327 e. The summed E-state index contributed by atoms with van der Waals surface area (Å²) in [4.78, 5) is 8.41. The molecule has 0 fully saturated rings. The maximum Gasteiger partial charge on any atom is 0.0892 e. The number of hydrogen-bond donors (Lipinski definition) is 1. The van der Waals surface area contributed by atoms with Crippen LogP contribution in [0.3, 0.4) is 0 Å². The number of aromatic nitrogens is 2. The minimum absolute atomic E-state index is 0.554. The molecule has 0 bridgehead atoms. The zero-order valence-corrected chi connectivity index (χ0v) is 7.72. The van der Waals surface area contributed by atoms with Crippen LogP contribution in [-0.4, -0.2) is 16.5 Å². The van der Waals surface area contributed by atoms with E-state index in [1.54, 1.807) is 12.4 Å². The molecule has 0 atom stereocenters. The van der Waals surface area contributed by atoms with Gasteiger partial charge >= 0.3 is 0 Å². The molecule has 0 radical (unpaired) electrons. The Morgan fingerprint density at radius 1 is 1.14 bits per heavy atom. The molecule has 0 amide bonds. The molecule has 0 unspecified atom stereocenters. The molecule has 0 saturated heterocycles. The summed E-state index contributed by atoms with van der Waals surface area (Å²) >= 11 is 0. The van der Waals surface area contributed by atoms with E-state index in [1.807, 2.05) is 30.4 Å². The first-order valence-electron chi connectivity index (χ1n) is 4.47. The lowest BCUT2D eigenvalue weighted by Gasteiger charge is -1.96. The fourth-order valence-corrected chi connectivity index (χ4v) is 1.29. The van der Waals surface area contributed by atoms with Crippen LogP contribution in [0, 0.1) is 0 Å². The highest BCUT2D eigenvalue weighted by Gasteiger charge is 1.94. The third kappa shape index (κ3) is 1.78. The van der Waals surface area contributed by atoms with Gasteiger partial charge in [0, 0.05) is 18.9 Å². The Morgan fingerprint density at radius 2 is 1.93 bits per heavy atom. The molecule has 0 spiro atoms. The van der Waals surface area contributed by atoms with Crippen molar-refractivity contribution in [3.05, 3.63) is 42.2 Å². The normalized spacial score (nSPS) is 11.2. The highest BCUT2D eigenvalue weighted by Crippen LogP contribution is 2.11. The van der Waals surface area contributed by atoms with Gasteiger partial charge in [-0.15, -0.1) is 0 Å². The predicted molar refractivity (Wildman–Crippen MR) is 57.6 cm³/mol. The summed E-state index contributed by atoms with van der Waals surface area (Å²) in [6, 6.07) is 5.95. The lowest BCUT2D eigenvalue weighted by Crippen LogP contribution is -1.92. The molecule has 70 valence electrons. The van der Waals surface area contributed by atoms with Crippen LogP contribution in [0.2, 0.25) is 0 Å². The fourth-order valence-electron chi connectivity index (χ4n) is 1.29. The Hall–Kier alpha value is -1.74. The van der Waals surface area contributed by atoms with Crippen molar-refractivity contribution in [2.75, 3.05) is 6.54 Å². The molecule has 0 saturated carbocycles. The number of benzene rings is 1. The molecular weight excluding hydrogens is 174 g/mol. The van der Waals surface area contributed by atoms with Gasteiger partial charge in [-0.25, -0.2) is 0 Å². The van der Waals surface area contributed by atoms with Gasteiger partial charge in [-0.3, -0.25) is 9.97 Å². The lowest BCUT2D eigenvalue weighted by molar-refractivity contribution is 1.26. The van der Waals surface area contributed by atoms with Crippen LogP contribution in [0.15, 0.2) is 36.7 Å². The van der Waals surface area contributed by atoms with Gasteiger partial charge < -0.3 is 5.73 Å². The molecule has 2 rings (SSSR count). The van der Waals surface area contributed by atoms with Crippen molar-refractivity contribution in [3.8, 4) is 0 Å². The smallest absolute Gasteiger partial charge is 0.0892 e. The van der Waals surface area contributed by atoms with Crippen LogP contribution in [-0.2, 0) is 0 Å². The summed E-state index contributed by atoms with van der Waals surface area (Å²) in [5, 5.41) is 0.